The van der Waals surface area contributed by atoms with Crippen LogP contribution in [0.4, 0.5) is 0 Å². The number of aliphatic hydroxyl groups is 1. The first-order valence-corrected chi connectivity index (χ1v) is 6.15. The van der Waals surface area contributed by atoms with Gasteiger partial charge in [-0.3, -0.25) is 0 Å². The Morgan fingerprint density at radius 1 is 1.38 bits per heavy atom. The number of hydrogen-bond acceptors (Lipinski definition) is 2. The van der Waals surface area contributed by atoms with Crippen molar-refractivity contribution in [3.8, 4) is 0 Å². The highest BCUT2D eigenvalue weighted by molar-refractivity contribution is 5.21. The van der Waals surface area contributed by atoms with E-state index in [9.17, 15) is 5.11 Å². The van der Waals surface area contributed by atoms with Crippen LogP contribution < -0.4 is 5.32 Å². The van der Waals surface area contributed by atoms with Crippen LogP contribution in [0.1, 0.15) is 32.3 Å². The van der Waals surface area contributed by atoms with Crippen molar-refractivity contribution in [2.24, 2.45) is 5.92 Å². The van der Waals surface area contributed by atoms with E-state index in [4.69, 9.17) is 0 Å². The zero-order valence-corrected chi connectivity index (χ0v) is 10.1. The molecule has 2 nitrogen and oxygen atoms in total. The molecule has 0 aromatic heterocycles. The van der Waals surface area contributed by atoms with Gasteiger partial charge in [-0.2, -0.15) is 0 Å². The summed E-state index contributed by atoms with van der Waals surface area (Å²) in [4.78, 5) is 0. The molecule has 1 fully saturated rings. The van der Waals surface area contributed by atoms with E-state index in [0.717, 1.165) is 11.5 Å². The van der Waals surface area contributed by atoms with Gasteiger partial charge >= 0.3 is 0 Å². The van der Waals surface area contributed by atoms with Crippen LogP contribution in [-0.2, 0) is 5.60 Å². The lowest BCUT2D eigenvalue weighted by molar-refractivity contribution is 0.0562. The molecule has 16 heavy (non-hydrogen) atoms. The van der Waals surface area contributed by atoms with Crippen LogP contribution in [0.25, 0.3) is 0 Å². The van der Waals surface area contributed by atoms with Gasteiger partial charge in [0.2, 0.25) is 0 Å². The average molecular weight is 219 g/mol. The number of hydrogen-bond donors (Lipinski definition) is 2. The fraction of sp³-hybridized carbons (Fsp3) is 0.571. The summed E-state index contributed by atoms with van der Waals surface area (Å²) in [5.41, 5.74) is 0.221. The van der Waals surface area contributed by atoms with Crippen LogP contribution in [-0.4, -0.2) is 17.7 Å². The van der Waals surface area contributed by atoms with Gasteiger partial charge in [0.25, 0.3) is 0 Å². The summed E-state index contributed by atoms with van der Waals surface area (Å²) in [7, 11) is 0. The minimum absolute atomic E-state index is 0.625. The van der Waals surface area contributed by atoms with Gasteiger partial charge in [-0.15, -0.1) is 0 Å². The molecule has 1 aliphatic carbocycles. The van der Waals surface area contributed by atoms with Gasteiger partial charge in [-0.05, 0) is 24.8 Å². The predicted octanol–water partition coefficient (Wildman–Crippen LogP) is 2.28. The SMILES string of the molecule is CCC1CC1NCC(C)(O)c1ccccc1. The maximum Gasteiger partial charge on any atom is 0.0992 e. The molecule has 1 saturated carbocycles. The maximum absolute atomic E-state index is 10.4. The third-order valence-corrected chi connectivity index (χ3v) is 3.55. The first-order valence-electron chi connectivity index (χ1n) is 6.15. The van der Waals surface area contributed by atoms with Crippen molar-refractivity contribution in [1.29, 1.82) is 0 Å². The molecule has 1 aromatic rings. The molecule has 2 N–H and O–H groups in total. The van der Waals surface area contributed by atoms with Crippen molar-refractivity contribution < 1.29 is 5.11 Å². The molecule has 1 aromatic carbocycles. The summed E-state index contributed by atoms with van der Waals surface area (Å²) in [6.45, 7) is 4.73. The third kappa shape index (κ3) is 2.63. The average Bonchev–Trinajstić information content (AvgIpc) is 3.06. The highest BCUT2D eigenvalue weighted by Gasteiger charge is 2.36. The van der Waals surface area contributed by atoms with E-state index in [2.05, 4.69) is 12.2 Å². The van der Waals surface area contributed by atoms with E-state index in [0.29, 0.717) is 12.6 Å². The van der Waals surface area contributed by atoms with Crippen molar-refractivity contribution >= 4 is 0 Å². The molecular weight excluding hydrogens is 198 g/mol. The van der Waals surface area contributed by atoms with Crippen molar-refractivity contribution in [3.05, 3.63) is 35.9 Å². The van der Waals surface area contributed by atoms with Gasteiger partial charge in [0, 0.05) is 12.6 Å². The Kier molecular flexibility index (Phi) is 3.31. The Morgan fingerprint density at radius 2 is 2.06 bits per heavy atom. The second-order valence-corrected chi connectivity index (χ2v) is 5.03. The molecular formula is C14H21NO. The van der Waals surface area contributed by atoms with Gasteiger partial charge in [0.1, 0.15) is 0 Å². The first-order chi connectivity index (χ1) is 7.63. The summed E-state index contributed by atoms with van der Waals surface area (Å²) >= 11 is 0. The van der Waals surface area contributed by atoms with E-state index < -0.39 is 5.60 Å². The molecule has 0 amide bonds. The highest BCUT2D eigenvalue weighted by Crippen LogP contribution is 2.33. The van der Waals surface area contributed by atoms with Crippen LogP contribution in [0.2, 0.25) is 0 Å². The zero-order chi connectivity index (χ0) is 11.6. The van der Waals surface area contributed by atoms with Crippen molar-refractivity contribution in [3.63, 3.8) is 0 Å². The van der Waals surface area contributed by atoms with E-state index in [1.54, 1.807) is 0 Å². The van der Waals surface area contributed by atoms with Gasteiger partial charge in [-0.25, -0.2) is 0 Å². The highest BCUT2D eigenvalue weighted by atomic mass is 16.3. The lowest BCUT2D eigenvalue weighted by atomic mass is 9.96. The van der Waals surface area contributed by atoms with Crippen LogP contribution in [0, 0.1) is 5.92 Å². The number of nitrogens with one attached hydrogen (secondary N) is 1. The first kappa shape index (κ1) is 11.6. The standard InChI is InChI=1S/C14H21NO/c1-3-11-9-13(11)15-10-14(2,16)12-7-5-4-6-8-12/h4-8,11,13,15-16H,3,9-10H2,1-2H3. The molecule has 2 rings (SSSR count). The monoisotopic (exact) mass is 219 g/mol. The summed E-state index contributed by atoms with van der Waals surface area (Å²) in [6.07, 6.45) is 2.51. The van der Waals surface area contributed by atoms with Crippen LogP contribution in [0.15, 0.2) is 30.3 Å². The normalized spacial score (nSPS) is 27.4. The van der Waals surface area contributed by atoms with Gasteiger partial charge in [-0.1, -0.05) is 43.7 Å². The topological polar surface area (TPSA) is 32.3 Å². The fourth-order valence-corrected chi connectivity index (χ4v) is 2.18. The quantitative estimate of drug-likeness (QED) is 0.796. The molecule has 2 heteroatoms. The smallest absolute Gasteiger partial charge is 0.0992 e. The van der Waals surface area contributed by atoms with Gasteiger partial charge in [0.15, 0.2) is 0 Å². The van der Waals surface area contributed by atoms with Crippen LogP contribution in [0.5, 0.6) is 0 Å². The summed E-state index contributed by atoms with van der Waals surface area (Å²) in [5.74, 6) is 0.826. The van der Waals surface area contributed by atoms with Gasteiger partial charge < -0.3 is 10.4 Å². The molecule has 0 saturated heterocycles. The zero-order valence-electron chi connectivity index (χ0n) is 10.1. The second kappa shape index (κ2) is 4.56. The Bertz CT molecular complexity index is 334. The summed E-state index contributed by atoms with van der Waals surface area (Å²) in [6, 6.07) is 10.5. The Morgan fingerprint density at radius 3 is 2.62 bits per heavy atom. The molecule has 0 bridgehead atoms. The number of rotatable bonds is 5. The lowest BCUT2D eigenvalue weighted by Gasteiger charge is -2.24. The lowest BCUT2D eigenvalue weighted by Crippen LogP contribution is -2.36. The predicted molar refractivity (Wildman–Crippen MR) is 66.2 cm³/mol. The Hall–Kier alpha value is -0.860. The van der Waals surface area contributed by atoms with Crippen molar-refractivity contribution in [1.82, 2.24) is 5.32 Å². The molecule has 0 aliphatic heterocycles. The molecule has 3 unspecified atom stereocenters. The largest absolute Gasteiger partial charge is 0.384 e. The summed E-state index contributed by atoms with van der Waals surface area (Å²) < 4.78 is 0. The molecule has 3 atom stereocenters. The second-order valence-electron chi connectivity index (χ2n) is 5.03. The minimum Gasteiger partial charge on any atom is -0.384 e. The molecule has 1 aliphatic rings. The minimum atomic E-state index is -0.762. The third-order valence-electron chi connectivity index (χ3n) is 3.55. The molecule has 0 heterocycles. The van der Waals surface area contributed by atoms with Gasteiger partial charge in [0.05, 0.1) is 5.60 Å². The Labute approximate surface area is 97.7 Å². The van der Waals surface area contributed by atoms with E-state index in [1.165, 1.54) is 12.8 Å². The van der Waals surface area contributed by atoms with Crippen LogP contribution >= 0.6 is 0 Å². The van der Waals surface area contributed by atoms with Crippen molar-refractivity contribution in [2.45, 2.75) is 38.3 Å². The molecule has 0 spiro atoms. The molecule has 88 valence electrons. The van der Waals surface area contributed by atoms with Crippen LogP contribution in [0.3, 0.4) is 0 Å². The maximum atomic E-state index is 10.4. The Balaban J connectivity index is 1.88. The fourth-order valence-electron chi connectivity index (χ4n) is 2.18. The van der Waals surface area contributed by atoms with E-state index >= 15 is 0 Å². The molecule has 0 radical (unpaired) electrons. The number of benzene rings is 1. The van der Waals surface area contributed by atoms with E-state index in [1.807, 2.05) is 37.3 Å². The van der Waals surface area contributed by atoms with E-state index in [-0.39, 0.29) is 0 Å². The summed E-state index contributed by atoms with van der Waals surface area (Å²) in [5, 5.41) is 13.8. The van der Waals surface area contributed by atoms with Crippen molar-refractivity contribution in [2.75, 3.05) is 6.54 Å².